The number of hydrogen-bond acceptors (Lipinski definition) is 3. The molecule has 2 aromatic carbocycles. The molecule has 0 spiro atoms. The van der Waals surface area contributed by atoms with Gasteiger partial charge in [0.1, 0.15) is 5.75 Å². The van der Waals surface area contributed by atoms with Crippen molar-refractivity contribution in [3.63, 3.8) is 0 Å². The van der Waals surface area contributed by atoms with Crippen molar-refractivity contribution in [2.24, 2.45) is 0 Å². The number of para-hydroxylation sites is 1. The van der Waals surface area contributed by atoms with Crippen LogP contribution in [0.15, 0.2) is 52.3 Å². The fraction of sp³-hybridized carbons (Fsp3) is 0.333. The summed E-state index contributed by atoms with van der Waals surface area (Å²) < 4.78 is 5.42. The molecule has 0 saturated heterocycles. The molecule has 1 N–H and O–H groups in total. The van der Waals surface area contributed by atoms with Gasteiger partial charge < -0.3 is 10.1 Å². The molecule has 0 radical (unpaired) electrons. The first-order chi connectivity index (χ1) is 10.2. The lowest BCUT2D eigenvalue weighted by atomic mass is 10.1. The van der Waals surface area contributed by atoms with Crippen LogP contribution in [0, 0.1) is 6.92 Å². The van der Waals surface area contributed by atoms with Crippen LogP contribution in [-0.2, 0) is 6.54 Å². The highest BCUT2D eigenvalue weighted by Gasteiger charge is 2.07. The molecule has 3 heteroatoms. The van der Waals surface area contributed by atoms with Crippen LogP contribution in [0.3, 0.4) is 0 Å². The molecule has 2 nitrogen and oxygen atoms in total. The zero-order valence-electron chi connectivity index (χ0n) is 13.0. The van der Waals surface area contributed by atoms with Gasteiger partial charge in [-0.1, -0.05) is 43.0 Å². The molecule has 0 fully saturated rings. The van der Waals surface area contributed by atoms with Gasteiger partial charge in [-0.2, -0.15) is 0 Å². The van der Waals surface area contributed by atoms with Gasteiger partial charge in [-0.25, -0.2) is 0 Å². The monoisotopic (exact) mass is 301 g/mol. The van der Waals surface area contributed by atoms with Gasteiger partial charge in [0.15, 0.2) is 0 Å². The lowest BCUT2D eigenvalue weighted by Gasteiger charge is -2.11. The van der Waals surface area contributed by atoms with Crippen LogP contribution in [-0.4, -0.2) is 13.7 Å². The van der Waals surface area contributed by atoms with E-state index < -0.39 is 0 Å². The van der Waals surface area contributed by atoms with E-state index in [1.807, 2.05) is 18.2 Å². The first-order valence-electron chi connectivity index (χ1n) is 7.35. The summed E-state index contributed by atoms with van der Waals surface area (Å²) in [5.74, 6) is 0.926. The highest BCUT2D eigenvalue weighted by Crippen LogP contribution is 2.36. The second-order valence-corrected chi connectivity index (χ2v) is 6.11. The summed E-state index contributed by atoms with van der Waals surface area (Å²) in [5, 5.41) is 3.44. The molecule has 0 unspecified atom stereocenters. The Hall–Kier alpha value is -1.45. The third-order valence-corrected chi connectivity index (χ3v) is 4.52. The quantitative estimate of drug-likeness (QED) is 0.752. The second-order valence-electron chi connectivity index (χ2n) is 5.03. The average molecular weight is 301 g/mol. The summed E-state index contributed by atoms with van der Waals surface area (Å²) in [4.78, 5) is 2.43. The van der Waals surface area contributed by atoms with Gasteiger partial charge in [0.25, 0.3) is 0 Å². The van der Waals surface area contributed by atoms with E-state index in [-0.39, 0.29) is 0 Å². The van der Waals surface area contributed by atoms with Crippen LogP contribution in [0.1, 0.15) is 24.5 Å². The van der Waals surface area contributed by atoms with Gasteiger partial charge in [0, 0.05) is 11.4 Å². The summed E-state index contributed by atoms with van der Waals surface area (Å²) in [6.07, 6.45) is 1.17. The molecule has 0 atom stereocenters. The predicted octanol–water partition coefficient (Wildman–Crippen LogP) is 4.65. The van der Waals surface area contributed by atoms with E-state index in [1.165, 1.54) is 22.4 Å². The number of aryl methyl sites for hydroxylation is 1. The molecule has 21 heavy (non-hydrogen) atoms. The lowest BCUT2D eigenvalue weighted by molar-refractivity contribution is 0.405. The van der Waals surface area contributed by atoms with E-state index in [4.69, 9.17) is 4.74 Å². The number of rotatable bonds is 7. The Morgan fingerprint density at radius 1 is 1.10 bits per heavy atom. The van der Waals surface area contributed by atoms with Gasteiger partial charge in [-0.05, 0) is 49.2 Å². The topological polar surface area (TPSA) is 21.3 Å². The van der Waals surface area contributed by atoms with E-state index in [1.54, 1.807) is 18.9 Å². The van der Waals surface area contributed by atoms with Crippen molar-refractivity contribution in [1.82, 2.24) is 5.32 Å². The molecular weight excluding hydrogens is 278 g/mol. The Morgan fingerprint density at radius 2 is 1.90 bits per heavy atom. The highest BCUT2D eigenvalue weighted by molar-refractivity contribution is 7.99. The van der Waals surface area contributed by atoms with Crippen molar-refractivity contribution in [2.45, 2.75) is 36.6 Å². The Kier molecular flexibility index (Phi) is 6.15. The number of hydrogen-bond donors (Lipinski definition) is 1. The SMILES string of the molecule is CCCNCc1ccc(Sc2ccccc2OC)c(C)c1. The number of benzene rings is 2. The number of nitrogens with one attached hydrogen (secondary N) is 1. The zero-order chi connectivity index (χ0) is 15.1. The molecule has 0 heterocycles. The van der Waals surface area contributed by atoms with Gasteiger partial charge in [0.05, 0.1) is 12.0 Å². The van der Waals surface area contributed by atoms with E-state index in [0.717, 1.165) is 23.7 Å². The molecule has 0 aliphatic carbocycles. The first-order valence-corrected chi connectivity index (χ1v) is 8.17. The molecule has 2 aromatic rings. The Labute approximate surface area is 131 Å². The largest absolute Gasteiger partial charge is 0.496 e. The van der Waals surface area contributed by atoms with Crippen molar-refractivity contribution in [2.75, 3.05) is 13.7 Å². The molecule has 0 bridgehead atoms. The van der Waals surface area contributed by atoms with Crippen molar-refractivity contribution in [3.8, 4) is 5.75 Å². The van der Waals surface area contributed by atoms with Gasteiger partial charge in [-0.15, -0.1) is 0 Å². The summed E-state index contributed by atoms with van der Waals surface area (Å²) in [6, 6.07) is 14.8. The maximum absolute atomic E-state index is 5.42. The van der Waals surface area contributed by atoms with Crippen molar-refractivity contribution in [1.29, 1.82) is 0 Å². The predicted molar refractivity (Wildman–Crippen MR) is 90.3 cm³/mol. The Bertz CT molecular complexity index is 583. The standard InChI is InChI=1S/C18H23NOS/c1-4-11-19-13-15-9-10-17(14(2)12-15)21-18-8-6-5-7-16(18)20-3/h5-10,12,19H,4,11,13H2,1-3H3. The smallest absolute Gasteiger partial charge is 0.132 e. The maximum atomic E-state index is 5.42. The molecule has 0 saturated carbocycles. The van der Waals surface area contributed by atoms with Crippen LogP contribution < -0.4 is 10.1 Å². The Balaban J connectivity index is 2.10. The molecule has 2 rings (SSSR count). The van der Waals surface area contributed by atoms with E-state index in [0.29, 0.717) is 0 Å². The second kappa shape index (κ2) is 8.11. The van der Waals surface area contributed by atoms with Crippen molar-refractivity contribution in [3.05, 3.63) is 53.6 Å². The van der Waals surface area contributed by atoms with Crippen LogP contribution in [0.2, 0.25) is 0 Å². The summed E-state index contributed by atoms with van der Waals surface area (Å²) in [7, 11) is 1.72. The minimum atomic E-state index is 0.926. The first kappa shape index (κ1) is 15.9. The highest BCUT2D eigenvalue weighted by atomic mass is 32.2. The van der Waals surface area contributed by atoms with E-state index >= 15 is 0 Å². The summed E-state index contributed by atoms with van der Waals surface area (Å²) >= 11 is 1.76. The number of methoxy groups -OCH3 is 1. The van der Waals surface area contributed by atoms with Gasteiger partial charge in [-0.3, -0.25) is 0 Å². The molecular formula is C18H23NOS. The normalized spacial score (nSPS) is 10.6. The lowest BCUT2D eigenvalue weighted by Crippen LogP contribution is -2.13. The molecule has 0 amide bonds. The summed E-state index contributed by atoms with van der Waals surface area (Å²) in [6.45, 7) is 6.36. The fourth-order valence-electron chi connectivity index (χ4n) is 2.17. The minimum Gasteiger partial charge on any atom is -0.496 e. The van der Waals surface area contributed by atoms with Crippen molar-refractivity contribution < 1.29 is 4.74 Å². The zero-order valence-corrected chi connectivity index (χ0v) is 13.8. The molecule has 0 aromatic heterocycles. The van der Waals surface area contributed by atoms with Crippen LogP contribution in [0.4, 0.5) is 0 Å². The van der Waals surface area contributed by atoms with Crippen LogP contribution in [0.5, 0.6) is 5.75 Å². The van der Waals surface area contributed by atoms with Gasteiger partial charge in [0.2, 0.25) is 0 Å². The van der Waals surface area contributed by atoms with Crippen LogP contribution >= 0.6 is 11.8 Å². The maximum Gasteiger partial charge on any atom is 0.132 e. The molecule has 112 valence electrons. The average Bonchev–Trinajstić information content (AvgIpc) is 2.50. The van der Waals surface area contributed by atoms with E-state index in [9.17, 15) is 0 Å². The fourth-order valence-corrected chi connectivity index (χ4v) is 3.16. The Morgan fingerprint density at radius 3 is 2.62 bits per heavy atom. The third kappa shape index (κ3) is 4.51. The number of ether oxygens (including phenoxy) is 1. The molecule has 0 aliphatic rings. The minimum absolute atomic E-state index is 0.926. The van der Waals surface area contributed by atoms with Crippen LogP contribution in [0.25, 0.3) is 0 Å². The van der Waals surface area contributed by atoms with E-state index in [2.05, 4.69) is 43.4 Å². The summed E-state index contributed by atoms with van der Waals surface area (Å²) in [5.41, 5.74) is 2.65. The molecule has 0 aliphatic heterocycles. The van der Waals surface area contributed by atoms with Gasteiger partial charge >= 0.3 is 0 Å². The third-order valence-electron chi connectivity index (χ3n) is 3.28. The van der Waals surface area contributed by atoms with Crippen molar-refractivity contribution >= 4 is 11.8 Å².